The topological polar surface area (TPSA) is 83.8 Å². The van der Waals surface area contributed by atoms with Gasteiger partial charge in [-0.15, -0.1) is 0 Å². The normalized spacial score (nSPS) is 14.4. The third-order valence-electron chi connectivity index (χ3n) is 3.27. The van der Waals surface area contributed by atoms with Crippen molar-refractivity contribution in [2.24, 2.45) is 11.7 Å². The van der Waals surface area contributed by atoms with Crippen molar-refractivity contribution in [1.29, 1.82) is 0 Å². The second kappa shape index (κ2) is 5.18. The molecule has 0 bridgehead atoms. The van der Waals surface area contributed by atoms with Crippen LogP contribution in [0.3, 0.4) is 0 Å². The first-order chi connectivity index (χ1) is 8.61. The van der Waals surface area contributed by atoms with Crippen LogP contribution in [0.1, 0.15) is 20.3 Å². The molecular weight excluding hydrogens is 228 g/mol. The number of hydrogen-bond donors (Lipinski definition) is 3. The van der Waals surface area contributed by atoms with Gasteiger partial charge in [-0.25, -0.2) is 0 Å². The number of nitrogens with one attached hydrogen (secondary N) is 2. The minimum absolute atomic E-state index is 0.146. The number of benzene rings is 1. The third-order valence-corrected chi connectivity index (χ3v) is 3.27. The zero-order valence-corrected chi connectivity index (χ0v) is 10.6. The number of carbonyl (C=O) groups excluding carboxylic acids is 1. The molecule has 4 N–H and O–H groups in total. The molecule has 0 spiro atoms. The van der Waals surface area contributed by atoms with Crippen LogP contribution in [-0.4, -0.2) is 22.1 Å². The maximum Gasteiger partial charge on any atom is 0.241 e. The number of rotatable bonds is 4. The maximum absolute atomic E-state index is 11.9. The fourth-order valence-electron chi connectivity index (χ4n) is 1.76. The van der Waals surface area contributed by atoms with Crippen molar-refractivity contribution < 1.29 is 4.79 Å². The minimum Gasteiger partial charge on any atom is -0.325 e. The van der Waals surface area contributed by atoms with Crippen molar-refractivity contribution in [3.05, 3.63) is 24.4 Å². The van der Waals surface area contributed by atoms with Crippen LogP contribution < -0.4 is 11.1 Å². The second-order valence-electron chi connectivity index (χ2n) is 4.57. The van der Waals surface area contributed by atoms with E-state index in [0.717, 1.165) is 23.0 Å². The predicted molar refractivity (Wildman–Crippen MR) is 72.2 cm³/mol. The lowest BCUT2D eigenvalue weighted by atomic mass is 9.99. The van der Waals surface area contributed by atoms with E-state index in [1.807, 2.05) is 32.0 Å². The fraction of sp³-hybridized carbons (Fsp3) is 0.385. The molecule has 1 amide bonds. The van der Waals surface area contributed by atoms with Crippen molar-refractivity contribution >= 4 is 22.5 Å². The Bertz CT molecular complexity index is 549. The Morgan fingerprint density at radius 2 is 2.33 bits per heavy atom. The second-order valence-corrected chi connectivity index (χ2v) is 4.57. The summed E-state index contributed by atoms with van der Waals surface area (Å²) < 4.78 is 0. The predicted octanol–water partition coefficient (Wildman–Crippen LogP) is 1.87. The highest BCUT2D eigenvalue weighted by molar-refractivity contribution is 5.96. The maximum atomic E-state index is 11.9. The van der Waals surface area contributed by atoms with Crippen LogP contribution >= 0.6 is 0 Å². The van der Waals surface area contributed by atoms with Crippen LogP contribution in [0.15, 0.2) is 24.4 Å². The summed E-state index contributed by atoms with van der Waals surface area (Å²) in [5.74, 6) is 0.0230. The molecule has 5 heteroatoms. The van der Waals surface area contributed by atoms with Gasteiger partial charge >= 0.3 is 0 Å². The number of aromatic nitrogens is 2. The van der Waals surface area contributed by atoms with E-state index >= 15 is 0 Å². The number of amides is 1. The lowest BCUT2D eigenvalue weighted by Crippen LogP contribution is -2.40. The van der Waals surface area contributed by atoms with Gasteiger partial charge in [-0.3, -0.25) is 9.89 Å². The zero-order chi connectivity index (χ0) is 13.1. The molecule has 1 aromatic carbocycles. The van der Waals surface area contributed by atoms with E-state index in [-0.39, 0.29) is 11.8 Å². The number of H-pyrrole nitrogens is 1. The van der Waals surface area contributed by atoms with Gasteiger partial charge in [0.05, 0.1) is 17.8 Å². The molecule has 96 valence electrons. The summed E-state index contributed by atoms with van der Waals surface area (Å²) in [5, 5.41) is 10.6. The Kier molecular flexibility index (Phi) is 3.62. The smallest absolute Gasteiger partial charge is 0.241 e. The number of anilines is 1. The Morgan fingerprint density at radius 3 is 3.06 bits per heavy atom. The average Bonchev–Trinajstić information content (AvgIpc) is 2.84. The minimum atomic E-state index is -0.477. The molecule has 2 atom stereocenters. The quantitative estimate of drug-likeness (QED) is 0.770. The van der Waals surface area contributed by atoms with E-state index in [1.165, 1.54) is 0 Å². The van der Waals surface area contributed by atoms with E-state index in [0.29, 0.717) is 0 Å². The number of hydrogen-bond acceptors (Lipinski definition) is 3. The first-order valence-electron chi connectivity index (χ1n) is 6.11. The SMILES string of the molecule is CC[C@H](C)[C@H](N)C(=O)Nc1ccc2[nH]ncc2c1. The molecule has 1 heterocycles. The van der Waals surface area contributed by atoms with E-state index in [2.05, 4.69) is 15.5 Å². The molecule has 0 saturated carbocycles. The molecule has 0 aliphatic rings. The molecule has 2 rings (SSSR count). The van der Waals surface area contributed by atoms with Crippen LogP contribution in [0.4, 0.5) is 5.69 Å². The number of carbonyl (C=O) groups is 1. The Hall–Kier alpha value is -1.88. The lowest BCUT2D eigenvalue weighted by Gasteiger charge is -2.17. The Morgan fingerprint density at radius 1 is 1.56 bits per heavy atom. The van der Waals surface area contributed by atoms with Crippen molar-refractivity contribution in [1.82, 2.24) is 10.2 Å². The van der Waals surface area contributed by atoms with Crippen molar-refractivity contribution in [2.75, 3.05) is 5.32 Å². The van der Waals surface area contributed by atoms with E-state index < -0.39 is 6.04 Å². The standard InChI is InChI=1S/C13H18N4O/c1-3-8(2)12(14)13(18)16-10-4-5-11-9(6-10)7-15-17-11/h4-8,12H,3,14H2,1-2H3,(H,15,17)(H,16,18)/t8-,12-/m0/s1. The summed E-state index contributed by atoms with van der Waals surface area (Å²) in [6, 6.07) is 5.11. The molecule has 2 aromatic rings. The number of nitrogens with zero attached hydrogens (tertiary/aromatic N) is 1. The highest BCUT2D eigenvalue weighted by Crippen LogP contribution is 2.17. The summed E-state index contributed by atoms with van der Waals surface area (Å²) in [6.07, 6.45) is 2.61. The van der Waals surface area contributed by atoms with Gasteiger partial charge in [0, 0.05) is 11.1 Å². The number of nitrogens with two attached hydrogens (primary N) is 1. The molecule has 0 unspecified atom stereocenters. The highest BCUT2D eigenvalue weighted by atomic mass is 16.2. The van der Waals surface area contributed by atoms with E-state index in [1.54, 1.807) is 6.20 Å². The fourth-order valence-corrected chi connectivity index (χ4v) is 1.76. The van der Waals surface area contributed by atoms with Crippen LogP contribution in [-0.2, 0) is 4.79 Å². The van der Waals surface area contributed by atoms with Crippen LogP contribution in [0, 0.1) is 5.92 Å². The van der Waals surface area contributed by atoms with Crippen molar-refractivity contribution in [3.63, 3.8) is 0 Å². The van der Waals surface area contributed by atoms with E-state index in [4.69, 9.17) is 5.73 Å². The van der Waals surface area contributed by atoms with Gasteiger partial charge in [-0.05, 0) is 24.1 Å². The van der Waals surface area contributed by atoms with Gasteiger partial charge in [-0.2, -0.15) is 5.10 Å². The summed E-state index contributed by atoms with van der Waals surface area (Å²) in [7, 11) is 0. The lowest BCUT2D eigenvalue weighted by molar-refractivity contribution is -0.118. The number of fused-ring (bicyclic) bond motifs is 1. The number of aromatic amines is 1. The molecule has 0 aliphatic carbocycles. The Labute approximate surface area is 106 Å². The van der Waals surface area contributed by atoms with Crippen LogP contribution in [0.2, 0.25) is 0 Å². The van der Waals surface area contributed by atoms with Crippen molar-refractivity contribution in [3.8, 4) is 0 Å². The van der Waals surface area contributed by atoms with Gasteiger partial charge in [-0.1, -0.05) is 20.3 Å². The summed E-state index contributed by atoms with van der Waals surface area (Å²) in [5.41, 5.74) is 7.57. The molecule has 0 aliphatic heterocycles. The van der Waals surface area contributed by atoms with Gasteiger partial charge in [0.15, 0.2) is 0 Å². The zero-order valence-electron chi connectivity index (χ0n) is 10.6. The van der Waals surface area contributed by atoms with E-state index in [9.17, 15) is 4.79 Å². The molecule has 18 heavy (non-hydrogen) atoms. The first-order valence-corrected chi connectivity index (χ1v) is 6.11. The molecule has 5 nitrogen and oxygen atoms in total. The van der Waals surface area contributed by atoms with Crippen molar-refractivity contribution in [2.45, 2.75) is 26.3 Å². The van der Waals surface area contributed by atoms with Gasteiger partial charge < -0.3 is 11.1 Å². The largest absolute Gasteiger partial charge is 0.325 e. The molecule has 0 saturated heterocycles. The van der Waals surface area contributed by atoms with Gasteiger partial charge in [0.1, 0.15) is 0 Å². The monoisotopic (exact) mass is 246 g/mol. The first kappa shape index (κ1) is 12.6. The summed E-state index contributed by atoms with van der Waals surface area (Å²) in [4.78, 5) is 11.9. The molecule has 1 aromatic heterocycles. The summed E-state index contributed by atoms with van der Waals surface area (Å²) >= 11 is 0. The molecule has 0 radical (unpaired) electrons. The molecular formula is C13H18N4O. The van der Waals surface area contributed by atoms with Crippen LogP contribution in [0.5, 0.6) is 0 Å². The Balaban J connectivity index is 2.10. The third kappa shape index (κ3) is 2.51. The molecule has 0 fully saturated rings. The van der Waals surface area contributed by atoms with Gasteiger partial charge in [0.25, 0.3) is 0 Å². The summed E-state index contributed by atoms with van der Waals surface area (Å²) in [6.45, 7) is 4.00. The highest BCUT2D eigenvalue weighted by Gasteiger charge is 2.19. The van der Waals surface area contributed by atoms with Crippen LogP contribution in [0.25, 0.3) is 10.9 Å². The van der Waals surface area contributed by atoms with Gasteiger partial charge in [0.2, 0.25) is 5.91 Å². The average molecular weight is 246 g/mol.